The molecule has 0 radical (unpaired) electrons. The van der Waals surface area contributed by atoms with Gasteiger partial charge in [-0.1, -0.05) is 58.8 Å². The summed E-state index contributed by atoms with van der Waals surface area (Å²) in [5.41, 5.74) is 3.02. The van der Waals surface area contributed by atoms with Crippen molar-refractivity contribution in [1.82, 2.24) is 9.80 Å². The van der Waals surface area contributed by atoms with Crippen LogP contribution in [0.2, 0.25) is 13.3 Å². The quantitative estimate of drug-likeness (QED) is 0.0416. The predicted octanol–water partition coefficient (Wildman–Crippen LogP) is 14.2. The van der Waals surface area contributed by atoms with E-state index < -0.39 is 18.4 Å². The van der Waals surface area contributed by atoms with E-state index >= 15 is 4.79 Å². The Morgan fingerprint density at radius 2 is 0.724 bits per heavy atom. The number of unbranched alkanes of at least 4 members (excludes halogenated alkanes) is 21. The molecule has 0 fully saturated rings. The molecule has 0 aliphatic carbocycles. The van der Waals surface area contributed by atoms with E-state index in [9.17, 15) is 14.4 Å². The Morgan fingerprint density at radius 3 is 1.12 bits per heavy atom. The number of carbonyl (C=O) groups excluding carboxylic acids is 4. The summed E-state index contributed by atoms with van der Waals surface area (Å²) in [4.78, 5) is 61.9. The minimum atomic E-state index is -3.41. The van der Waals surface area contributed by atoms with Crippen molar-refractivity contribution >= 4 is 56.4 Å². The van der Waals surface area contributed by atoms with Crippen molar-refractivity contribution in [3.8, 4) is 0 Å². The number of benzene rings is 2. The molecule has 7 heteroatoms. The molecule has 4 rings (SSSR count). The zero-order valence-corrected chi connectivity index (χ0v) is 41.0. The van der Waals surface area contributed by atoms with Crippen LogP contribution in [0.25, 0.3) is 10.8 Å². The van der Waals surface area contributed by atoms with Crippen LogP contribution in [0.4, 0.5) is 0 Å². The Kier molecular flexibility index (Phi) is 21.3. The summed E-state index contributed by atoms with van der Waals surface area (Å²) in [6.07, 6.45) is 30.5. The van der Waals surface area contributed by atoms with Gasteiger partial charge in [0.15, 0.2) is 0 Å². The molecular formula is C51H82N2O4Sn. The van der Waals surface area contributed by atoms with Crippen LogP contribution in [0.1, 0.15) is 249 Å². The fourth-order valence-corrected chi connectivity index (χ4v) is 26.7. The third-order valence-corrected chi connectivity index (χ3v) is 29.1. The molecule has 0 spiro atoms. The van der Waals surface area contributed by atoms with Gasteiger partial charge in [-0.25, -0.2) is 0 Å². The number of imide groups is 2. The molecule has 0 aromatic heterocycles. The van der Waals surface area contributed by atoms with Crippen LogP contribution in [0.3, 0.4) is 0 Å². The first-order valence-electron chi connectivity index (χ1n) is 24.6. The van der Waals surface area contributed by atoms with Gasteiger partial charge in [-0.15, -0.1) is 0 Å². The average molecular weight is 906 g/mol. The first-order chi connectivity index (χ1) is 28.2. The van der Waals surface area contributed by atoms with Crippen LogP contribution in [0, 0.1) is 6.92 Å². The van der Waals surface area contributed by atoms with Crippen molar-refractivity contribution in [2.45, 2.75) is 222 Å². The number of hydrogen-bond acceptors (Lipinski definition) is 4. The van der Waals surface area contributed by atoms with E-state index in [2.05, 4.69) is 40.7 Å². The van der Waals surface area contributed by atoms with Crippen LogP contribution in [-0.2, 0) is 0 Å². The number of hydrogen-bond donors (Lipinski definition) is 0. The molecule has 58 heavy (non-hydrogen) atoms. The van der Waals surface area contributed by atoms with Gasteiger partial charge in [0.1, 0.15) is 0 Å². The molecule has 324 valence electrons. The second-order valence-electron chi connectivity index (χ2n) is 18.2. The van der Waals surface area contributed by atoms with E-state index in [1.54, 1.807) is 4.90 Å². The molecule has 2 aromatic rings. The molecule has 0 N–H and O–H groups in total. The zero-order chi connectivity index (χ0) is 41.9. The predicted molar refractivity (Wildman–Crippen MR) is 248 cm³/mol. The van der Waals surface area contributed by atoms with Gasteiger partial charge < -0.3 is 0 Å². The van der Waals surface area contributed by atoms with Crippen molar-refractivity contribution in [2.75, 3.05) is 13.1 Å². The molecule has 0 bridgehead atoms. The van der Waals surface area contributed by atoms with Gasteiger partial charge in [-0.3, -0.25) is 0 Å². The van der Waals surface area contributed by atoms with E-state index in [0.717, 1.165) is 99.5 Å². The summed E-state index contributed by atoms with van der Waals surface area (Å²) in [5, 5.41) is 1.19. The van der Waals surface area contributed by atoms with Gasteiger partial charge in [0.05, 0.1) is 0 Å². The Bertz CT molecular complexity index is 1630. The molecule has 2 heterocycles. The van der Waals surface area contributed by atoms with Crippen molar-refractivity contribution < 1.29 is 19.2 Å². The minimum absolute atomic E-state index is 0.178. The first kappa shape index (κ1) is 48.4. The second-order valence-corrected chi connectivity index (χ2v) is 31.3. The van der Waals surface area contributed by atoms with E-state index in [1.165, 1.54) is 94.8 Å². The number of rotatable bonds is 32. The van der Waals surface area contributed by atoms with E-state index in [-0.39, 0.29) is 23.6 Å². The third-order valence-electron chi connectivity index (χ3n) is 13.5. The number of nitrogens with zero attached hydrogens (tertiary/aromatic N) is 2. The summed E-state index contributed by atoms with van der Waals surface area (Å²) < 4.78 is 4.60. The van der Waals surface area contributed by atoms with Crippen molar-refractivity contribution in [1.29, 1.82) is 0 Å². The average Bonchev–Trinajstić information content (AvgIpc) is 3.22. The van der Waals surface area contributed by atoms with Crippen LogP contribution >= 0.6 is 0 Å². The standard InChI is InChI=1S/C39H55N2O4.3C4H9.Sn/c1-4-6-8-10-12-14-16-18-20-22-26-40-36(42)30-24-25-31-35-33(29(3)28-32(34(30)35)38(40)44)39(45)41(37(31)43)27-23-21-19-17-15-13-11-9-7-5-2;3*1-3-4-2;/h25,28H,4-23,26-27H2,1-3H3;3*1,3-4H2,2H3;. The summed E-state index contributed by atoms with van der Waals surface area (Å²) in [7, 11) is 0. The SMILES string of the molecule is CCCCCCCCCCCCN1C(=O)c2c[c]([Sn]([CH2]CCC)([CH2]CCC)[CH2]CCC)c3c4c(cc(C)c(c24)C1=O)C(=O)N(CCCCCCCCCCCC)C3=O. The monoisotopic (exact) mass is 907 g/mol. The second kappa shape index (κ2) is 25.5. The topological polar surface area (TPSA) is 74.8 Å². The van der Waals surface area contributed by atoms with Gasteiger partial charge >= 0.3 is 301 Å². The molecule has 0 saturated carbocycles. The fourth-order valence-electron chi connectivity index (χ4n) is 10.0. The van der Waals surface area contributed by atoms with E-state index in [1.807, 2.05) is 13.0 Å². The summed E-state index contributed by atoms with van der Waals surface area (Å²) in [6, 6.07) is 4.04. The van der Waals surface area contributed by atoms with Crippen LogP contribution in [-0.4, -0.2) is 64.9 Å². The number of amides is 4. The van der Waals surface area contributed by atoms with E-state index in [0.29, 0.717) is 46.1 Å². The van der Waals surface area contributed by atoms with Gasteiger partial charge in [0.25, 0.3) is 0 Å². The summed E-state index contributed by atoms with van der Waals surface area (Å²) >= 11 is -3.41. The third kappa shape index (κ3) is 12.2. The number of aryl methyl sites for hydroxylation is 1. The molecule has 0 unspecified atom stereocenters. The van der Waals surface area contributed by atoms with Crippen molar-refractivity contribution in [2.24, 2.45) is 0 Å². The van der Waals surface area contributed by atoms with Crippen LogP contribution in [0.5, 0.6) is 0 Å². The van der Waals surface area contributed by atoms with Gasteiger partial charge in [0.2, 0.25) is 0 Å². The molecule has 2 aliphatic heterocycles. The molecule has 2 aromatic carbocycles. The Balaban J connectivity index is 1.70. The maximum atomic E-state index is 15.1. The Morgan fingerprint density at radius 1 is 0.397 bits per heavy atom. The molecule has 4 amide bonds. The van der Waals surface area contributed by atoms with Crippen molar-refractivity contribution in [3.63, 3.8) is 0 Å². The van der Waals surface area contributed by atoms with Gasteiger partial charge in [-0.2, -0.15) is 0 Å². The normalized spacial score (nSPS) is 14.2. The van der Waals surface area contributed by atoms with E-state index in [4.69, 9.17) is 0 Å². The molecular weight excluding hydrogens is 823 g/mol. The Hall–Kier alpha value is -2.22. The van der Waals surface area contributed by atoms with Crippen LogP contribution < -0.4 is 3.58 Å². The summed E-state index contributed by atoms with van der Waals surface area (Å²) in [6.45, 7) is 14.0. The van der Waals surface area contributed by atoms with Gasteiger partial charge in [-0.05, 0) is 0 Å². The maximum absolute atomic E-state index is 15.1. The van der Waals surface area contributed by atoms with Crippen molar-refractivity contribution in [3.05, 3.63) is 39.9 Å². The molecule has 0 saturated heterocycles. The summed E-state index contributed by atoms with van der Waals surface area (Å²) in [5.74, 6) is -0.924. The molecule has 0 atom stereocenters. The van der Waals surface area contributed by atoms with Gasteiger partial charge in [0, 0.05) is 0 Å². The zero-order valence-electron chi connectivity index (χ0n) is 38.1. The first-order valence-corrected chi connectivity index (χ1v) is 32.1. The fraction of sp³-hybridized carbons (Fsp3) is 0.725. The van der Waals surface area contributed by atoms with Crippen LogP contribution in [0.15, 0.2) is 12.1 Å². The molecule has 6 nitrogen and oxygen atoms in total. The molecule has 2 aliphatic rings. The number of carbonyl (C=O) groups is 4. The Labute approximate surface area is 358 Å².